The molecule has 0 bridgehead atoms. The van der Waals surface area contributed by atoms with Crippen molar-refractivity contribution in [1.29, 1.82) is 0 Å². The lowest BCUT2D eigenvalue weighted by atomic mass is 10.2. The third-order valence-electron chi connectivity index (χ3n) is 2.86. The van der Waals surface area contributed by atoms with Gasteiger partial charge in [-0.2, -0.15) is 0 Å². The Kier molecular flexibility index (Phi) is 7.81. The van der Waals surface area contributed by atoms with E-state index in [2.05, 4.69) is 39.8 Å². The molecule has 0 aliphatic heterocycles. The van der Waals surface area contributed by atoms with Crippen LogP contribution in [0.3, 0.4) is 0 Å². The molecule has 0 amide bonds. The molecule has 0 fully saturated rings. The summed E-state index contributed by atoms with van der Waals surface area (Å²) in [6, 6.07) is 0. The van der Waals surface area contributed by atoms with Crippen LogP contribution in [0.1, 0.15) is 43.8 Å². The van der Waals surface area contributed by atoms with Gasteiger partial charge >= 0.3 is 0 Å². The zero-order valence-corrected chi connectivity index (χ0v) is 15.4. The number of aromatic nitrogens is 1. The molecule has 1 aromatic heterocycles. The average Bonchev–Trinajstić information content (AvgIpc) is 2.88. The fourth-order valence-corrected chi connectivity index (χ4v) is 3.24. The predicted octanol–water partition coefficient (Wildman–Crippen LogP) is 1.76. The van der Waals surface area contributed by atoms with E-state index in [1.807, 2.05) is 6.92 Å². The van der Waals surface area contributed by atoms with E-state index >= 15 is 0 Å². The normalized spacial score (nSPS) is 12.7. The SMILES string of the molecule is CCNC(=NCc1nc(C(C)C)cs1)NCCCS(C)(=O)=O. The second kappa shape index (κ2) is 9.09. The number of hydrogen-bond donors (Lipinski definition) is 2. The van der Waals surface area contributed by atoms with Crippen LogP contribution < -0.4 is 10.6 Å². The Bertz CT molecular complexity index is 579. The van der Waals surface area contributed by atoms with Crippen molar-refractivity contribution in [2.75, 3.05) is 25.1 Å². The Morgan fingerprint density at radius 2 is 2.14 bits per heavy atom. The van der Waals surface area contributed by atoms with Crippen LogP contribution in [0.5, 0.6) is 0 Å². The molecule has 126 valence electrons. The van der Waals surface area contributed by atoms with Gasteiger partial charge in [-0.1, -0.05) is 13.8 Å². The molecular weight excluding hydrogens is 320 g/mol. The summed E-state index contributed by atoms with van der Waals surface area (Å²) in [5.41, 5.74) is 1.10. The summed E-state index contributed by atoms with van der Waals surface area (Å²) in [5.74, 6) is 1.30. The Morgan fingerprint density at radius 3 is 2.68 bits per heavy atom. The molecule has 1 rings (SSSR count). The van der Waals surface area contributed by atoms with Crippen LogP contribution in [0, 0.1) is 0 Å². The second-order valence-corrected chi connectivity index (χ2v) is 8.63. The van der Waals surface area contributed by atoms with Crippen LogP contribution >= 0.6 is 11.3 Å². The molecule has 1 aromatic rings. The van der Waals surface area contributed by atoms with E-state index < -0.39 is 9.84 Å². The first kappa shape index (κ1) is 18.9. The molecule has 8 heteroatoms. The quantitative estimate of drug-likeness (QED) is 0.426. The molecule has 0 atom stereocenters. The minimum Gasteiger partial charge on any atom is -0.357 e. The largest absolute Gasteiger partial charge is 0.357 e. The molecule has 0 spiro atoms. The number of sulfone groups is 1. The maximum Gasteiger partial charge on any atom is 0.191 e. The lowest BCUT2D eigenvalue weighted by Crippen LogP contribution is -2.38. The molecule has 0 radical (unpaired) electrons. The van der Waals surface area contributed by atoms with Gasteiger partial charge < -0.3 is 10.6 Å². The molecular formula is C14H26N4O2S2. The molecule has 2 N–H and O–H groups in total. The summed E-state index contributed by atoms with van der Waals surface area (Å²) in [4.78, 5) is 9.03. The maximum absolute atomic E-state index is 11.1. The van der Waals surface area contributed by atoms with Crippen molar-refractivity contribution in [3.05, 3.63) is 16.1 Å². The molecule has 0 aromatic carbocycles. The monoisotopic (exact) mass is 346 g/mol. The van der Waals surface area contributed by atoms with Crippen molar-refractivity contribution in [2.45, 2.75) is 39.7 Å². The van der Waals surface area contributed by atoms with Gasteiger partial charge in [-0.3, -0.25) is 0 Å². The molecule has 0 saturated carbocycles. The van der Waals surface area contributed by atoms with E-state index in [-0.39, 0.29) is 5.75 Å². The van der Waals surface area contributed by atoms with E-state index in [0.29, 0.717) is 31.4 Å². The van der Waals surface area contributed by atoms with Crippen LogP contribution in [0.2, 0.25) is 0 Å². The zero-order valence-electron chi connectivity index (χ0n) is 13.7. The molecule has 0 saturated heterocycles. The molecule has 0 unspecified atom stereocenters. The average molecular weight is 347 g/mol. The lowest BCUT2D eigenvalue weighted by Gasteiger charge is -2.10. The van der Waals surface area contributed by atoms with E-state index in [0.717, 1.165) is 17.2 Å². The van der Waals surface area contributed by atoms with Crippen molar-refractivity contribution in [1.82, 2.24) is 15.6 Å². The molecule has 0 aliphatic carbocycles. The summed E-state index contributed by atoms with van der Waals surface area (Å²) in [5, 5.41) is 9.35. The van der Waals surface area contributed by atoms with Gasteiger partial charge in [0.05, 0.1) is 18.0 Å². The number of nitrogens with one attached hydrogen (secondary N) is 2. The number of rotatable bonds is 8. The number of hydrogen-bond acceptors (Lipinski definition) is 5. The first-order valence-corrected chi connectivity index (χ1v) is 10.4. The van der Waals surface area contributed by atoms with Gasteiger partial charge in [0.2, 0.25) is 0 Å². The van der Waals surface area contributed by atoms with Gasteiger partial charge in [0, 0.05) is 24.7 Å². The number of thiazole rings is 1. The van der Waals surface area contributed by atoms with Gasteiger partial charge in [0.15, 0.2) is 5.96 Å². The van der Waals surface area contributed by atoms with Crippen LogP contribution in [-0.2, 0) is 16.4 Å². The summed E-state index contributed by atoms with van der Waals surface area (Å²) in [6.45, 7) is 8.10. The highest BCUT2D eigenvalue weighted by molar-refractivity contribution is 7.90. The van der Waals surface area contributed by atoms with Crippen LogP contribution in [-0.4, -0.2) is 44.5 Å². The smallest absolute Gasteiger partial charge is 0.191 e. The molecule has 0 aliphatic rings. The number of aliphatic imine (C=N–C) groups is 1. The third-order valence-corrected chi connectivity index (χ3v) is 4.74. The molecule has 22 heavy (non-hydrogen) atoms. The van der Waals surface area contributed by atoms with Gasteiger partial charge in [0.1, 0.15) is 14.8 Å². The maximum atomic E-state index is 11.1. The summed E-state index contributed by atoms with van der Waals surface area (Å²) in [6.07, 6.45) is 1.82. The Labute approximate surface area is 137 Å². The van der Waals surface area contributed by atoms with E-state index in [1.54, 1.807) is 11.3 Å². The van der Waals surface area contributed by atoms with Crippen LogP contribution in [0.15, 0.2) is 10.4 Å². The lowest BCUT2D eigenvalue weighted by molar-refractivity contribution is 0.598. The fraction of sp³-hybridized carbons (Fsp3) is 0.714. The standard InChI is InChI=1S/C14H26N4O2S2/c1-5-15-14(16-7-6-8-22(4,19)20)17-9-13-18-12(10-21-13)11(2)3/h10-11H,5-9H2,1-4H3,(H2,15,16,17). The summed E-state index contributed by atoms with van der Waals surface area (Å²) in [7, 11) is -2.90. The summed E-state index contributed by atoms with van der Waals surface area (Å²) >= 11 is 1.62. The zero-order chi connectivity index (χ0) is 16.6. The minimum atomic E-state index is -2.90. The van der Waals surface area contributed by atoms with E-state index in [4.69, 9.17) is 0 Å². The minimum absolute atomic E-state index is 0.184. The van der Waals surface area contributed by atoms with Crippen molar-refractivity contribution >= 4 is 27.1 Å². The topological polar surface area (TPSA) is 83.4 Å². The van der Waals surface area contributed by atoms with Crippen molar-refractivity contribution in [3.8, 4) is 0 Å². The fourth-order valence-electron chi connectivity index (χ4n) is 1.69. The number of guanidine groups is 1. The first-order chi connectivity index (χ1) is 10.3. The Hall–Kier alpha value is -1.15. The highest BCUT2D eigenvalue weighted by atomic mass is 32.2. The predicted molar refractivity (Wildman–Crippen MR) is 93.3 cm³/mol. The van der Waals surface area contributed by atoms with E-state index in [1.165, 1.54) is 6.26 Å². The van der Waals surface area contributed by atoms with Crippen LogP contribution in [0.25, 0.3) is 0 Å². The second-order valence-electron chi connectivity index (χ2n) is 5.43. The number of nitrogens with zero attached hydrogens (tertiary/aromatic N) is 2. The van der Waals surface area contributed by atoms with Crippen molar-refractivity contribution in [2.24, 2.45) is 4.99 Å². The van der Waals surface area contributed by atoms with Gasteiger partial charge in [-0.05, 0) is 19.3 Å². The van der Waals surface area contributed by atoms with E-state index in [9.17, 15) is 8.42 Å². The Morgan fingerprint density at radius 1 is 1.41 bits per heavy atom. The third kappa shape index (κ3) is 7.74. The highest BCUT2D eigenvalue weighted by Gasteiger charge is 2.06. The first-order valence-electron chi connectivity index (χ1n) is 7.46. The van der Waals surface area contributed by atoms with Gasteiger partial charge in [-0.25, -0.2) is 18.4 Å². The van der Waals surface area contributed by atoms with Gasteiger partial charge in [0.25, 0.3) is 0 Å². The van der Waals surface area contributed by atoms with Crippen molar-refractivity contribution < 1.29 is 8.42 Å². The Balaban J connectivity index is 2.50. The summed E-state index contributed by atoms with van der Waals surface area (Å²) < 4.78 is 22.2. The van der Waals surface area contributed by atoms with Crippen LogP contribution in [0.4, 0.5) is 0 Å². The van der Waals surface area contributed by atoms with Gasteiger partial charge in [-0.15, -0.1) is 11.3 Å². The molecule has 6 nitrogen and oxygen atoms in total. The highest BCUT2D eigenvalue weighted by Crippen LogP contribution is 2.18. The molecule has 1 heterocycles. The van der Waals surface area contributed by atoms with Crippen molar-refractivity contribution in [3.63, 3.8) is 0 Å².